The summed E-state index contributed by atoms with van der Waals surface area (Å²) in [4.78, 5) is 0. The van der Waals surface area contributed by atoms with Crippen molar-refractivity contribution in [3.05, 3.63) is 213 Å². The van der Waals surface area contributed by atoms with Gasteiger partial charge in [-0.25, -0.2) is 0 Å². The number of rotatable bonds is 3. The summed E-state index contributed by atoms with van der Waals surface area (Å²) in [7, 11) is 0. The molecule has 0 saturated heterocycles. The maximum Gasteiger partial charge on any atom is 0.0264 e. The van der Waals surface area contributed by atoms with Gasteiger partial charge in [0.2, 0.25) is 0 Å². The third-order valence-corrected chi connectivity index (χ3v) is 16.8. The van der Waals surface area contributed by atoms with Crippen molar-refractivity contribution in [2.75, 3.05) is 0 Å². The van der Waals surface area contributed by atoms with Crippen LogP contribution in [0.4, 0.5) is 0 Å². The minimum Gasteiger partial charge on any atom is -0.0622 e. The van der Waals surface area contributed by atoms with Gasteiger partial charge in [0.25, 0.3) is 0 Å². The van der Waals surface area contributed by atoms with Crippen molar-refractivity contribution >= 4 is 0 Å². The Morgan fingerprint density at radius 1 is 0.281 bits per heavy atom. The molecular formula is C64H54. The van der Waals surface area contributed by atoms with Gasteiger partial charge >= 0.3 is 0 Å². The summed E-state index contributed by atoms with van der Waals surface area (Å²) in [5.74, 6) is 31.7. The standard InChI is InChI=1S/C64H54/c1-5-13-47(14-6-1)21-25-51-29-52(26-22-48-15-7-2-8-16-48)34-59(33-51)61-37-55-31-56(38-61)42-63(41-55,45-61)64-43-57-32-58(44-64)40-62(39-57,46-64)60-35-53(27-23-49-17-9-3-10-18-49)30-54(36-60)28-24-50-19-11-4-12-20-50/h1-20,29-30,33-36,55-58H,31-32,37-46H2. The van der Waals surface area contributed by atoms with Gasteiger partial charge < -0.3 is 0 Å². The first kappa shape index (κ1) is 39.2. The lowest BCUT2D eigenvalue weighted by Gasteiger charge is -2.74. The minimum atomic E-state index is 0.168. The Labute approximate surface area is 381 Å². The Bertz CT molecular complexity index is 2610. The fourth-order valence-electron chi connectivity index (χ4n) is 15.3. The maximum atomic E-state index is 3.62. The second-order valence-electron chi connectivity index (χ2n) is 21.1. The normalized spacial score (nSPS) is 29.8. The zero-order valence-corrected chi connectivity index (χ0v) is 36.8. The molecule has 8 fully saturated rings. The predicted octanol–water partition coefficient (Wildman–Crippen LogP) is 13.7. The second kappa shape index (κ2) is 15.7. The van der Waals surface area contributed by atoms with E-state index in [1.807, 2.05) is 0 Å². The molecule has 8 saturated carbocycles. The van der Waals surface area contributed by atoms with E-state index in [0.29, 0.717) is 10.8 Å². The lowest BCUT2D eigenvalue weighted by Crippen LogP contribution is -2.66. The van der Waals surface area contributed by atoms with Crippen molar-refractivity contribution in [2.24, 2.45) is 34.5 Å². The van der Waals surface area contributed by atoms with Crippen LogP contribution in [0.2, 0.25) is 0 Å². The van der Waals surface area contributed by atoms with Gasteiger partial charge in [0.1, 0.15) is 0 Å². The van der Waals surface area contributed by atoms with Crippen molar-refractivity contribution in [2.45, 2.75) is 87.9 Å². The van der Waals surface area contributed by atoms with Crippen LogP contribution in [0.1, 0.15) is 133 Å². The van der Waals surface area contributed by atoms with Crippen LogP contribution in [0.5, 0.6) is 0 Å². The Balaban J connectivity index is 0.938. The maximum absolute atomic E-state index is 3.62. The molecule has 310 valence electrons. The lowest BCUT2D eigenvalue weighted by atomic mass is 9.30. The molecule has 4 unspecified atom stereocenters. The first-order valence-corrected chi connectivity index (χ1v) is 24.0. The van der Waals surface area contributed by atoms with Gasteiger partial charge in [-0.3, -0.25) is 0 Å². The summed E-state index contributed by atoms with van der Waals surface area (Å²) in [6.45, 7) is 0. The van der Waals surface area contributed by atoms with Gasteiger partial charge in [0, 0.05) is 44.5 Å². The Morgan fingerprint density at radius 3 is 0.797 bits per heavy atom. The molecule has 64 heavy (non-hydrogen) atoms. The summed E-state index contributed by atoms with van der Waals surface area (Å²) < 4.78 is 0. The molecule has 0 spiro atoms. The van der Waals surface area contributed by atoms with E-state index >= 15 is 0 Å². The van der Waals surface area contributed by atoms with E-state index in [9.17, 15) is 0 Å². The molecule has 0 nitrogen and oxygen atoms in total. The summed E-state index contributed by atoms with van der Waals surface area (Å²) >= 11 is 0. The summed E-state index contributed by atoms with van der Waals surface area (Å²) in [5.41, 5.74) is 12.7. The van der Waals surface area contributed by atoms with Crippen LogP contribution in [-0.4, -0.2) is 0 Å². The highest BCUT2D eigenvalue weighted by Gasteiger charge is 2.70. The molecule has 0 aromatic heterocycles. The van der Waals surface area contributed by atoms with Crippen LogP contribution in [0, 0.1) is 81.9 Å². The first-order valence-electron chi connectivity index (χ1n) is 24.0. The van der Waals surface area contributed by atoms with E-state index in [-0.39, 0.29) is 10.8 Å². The monoisotopic (exact) mass is 822 g/mol. The molecule has 0 aliphatic heterocycles. The molecule has 0 heteroatoms. The summed E-state index contributed by atoms with van der Waals surface area (Å²) in [6, 6.07) is 56.2. The van der Waals surface area contributed by atoms with Crippen LogP contribution in [0.15, 0.2) is 158 Å². The molecule has 0 radical (unpaired) electrons. The molecule has 6 aromatic carbocycles. The van der Waals surface area contributed by atoms with Crippen LogP contribution in [-0.2, 0) is 10.8 Å². The molecule has 0 N–H and O–H groups in total. The molecule has 8 bridgehead atoms. The summed E-state index contributed by atoms with van der Waals surface area (Å²) in [5, 5.41) is 0. The molecule has 0 amide bonds. The van der Waals surface area contributed by atoms with Crippen molar-refractivity contribution in [1.82, 2.24) is 0 Å². The number of benzene rings is 6. The third-order valence-electron chi connectivity index (χ3n) is 16.8. The average molecular weight is 823 g/mol. The lowest BCUT2D eigenvalue weighted by molar-refractivity contribution is -0.212. The van der Waals surface area contributed by atoms with E-state index in [4.69, 9.17) is 0 Å². The van der Waals surface area contributed by atoms with Crippen LogP contribution >= 0.6 is 0 Å². The van der Waals surface area contributed by atoms with Gasteiger partial charge in [-0.05, 0) is 218 Å². The van der Waals surface area contributed by atoms with E-state index in [1.165, 1.54) is 88.2 Å². The van der Waals surface area contributed by atoms with Crippen LogP contribution in [0.25, 0.3) is 0 Å². The van der Waals surface area contributed by atoms with E-state index in [2.05, 4.69) is 205 Å². The molecule has 6 aromatic rings. The van der Waals surface area contributed by atoms with E-state index in [1.54, 1.807) is 0 Å². The van der Waals surface area contributed by atoms with Gasteiger partial charge in [-0.1, -0.05) is 120 Å². The number of hydrogen-bond acceptors (Lipinski definition) is 0. The second-order valence-corrected chi connectivity index (χ2v) is 21.1. The van der Waals surface area contributed by atoms with Crippen molar-refractivity contribution in [3.63, 3.8) is 0 Å². The Kier molecular flexibility index (Phi) is 9.59. The topological polar surface area (TPSA) is 0 Å². The number of hydrogen-bond donors (Lipinski definition) is 0. The molecular weight excluding hydrogens is 769 g/mol. The van der Waals surface area contributed by atoms with Crippen molar-refractivity contribution in [1.29, 1.82) is 0 Å². The highest BCUT2D eigenvalue weighted by Crippen LogP contribution is 2.78. The predicted molar refractivity (Wildman–Crippen MR) is 260 cm³/mol. The van der Waals surface area contributed by atoms with Crippen molar-refractivity contribution in [3.8, 4) is 47.4 Å². The minimum absolute atomic E-state index is 0.168. The zero-order valence-electron chi connectivity index (χ0n) is 36.8. The highest BCUT2D eigenvalue weighted by atomic mass is 14.7. The third kappa shape index (κ3) is 7.30. The fourth-order valence-corrected chi connectivity index (χ4v) is 15.3. The zero-order chi connectivity index (χ0) is 42.6. The quantitative estimate of drug-likeness (QED) is 0.156. The van der Waals surface area contributed by atoms with Crippen molar-refractivity contribution < 1.29 is 0 Å². The highest BCUT2D eigenvalue weighted by molar-refractivity contribution is 5.55. The smallest absolute Gasteiger partial charge is 0.0264 e. The van der Waals surface area contributed by atoms with E-state index in [0.717, 1.165) is 68.2 Å². The van der Waals surface area contributed by atoms with E-state index < -0.39 is 0 Å². The molecule has 8 aliphatic carbocycles. The van der Waals surface area contributed by atoms with Gasteiger partial charge in [0.15, 0.2) is 0 Å². The van der Waals surface area contributed by atoms with Crippen LogP contribution in [0.3, 0.4) is 0 Å². The van der Waals surface area contributed by atoms with Gasteiger partial charge in [0.05, 0.1) is 0 Å². The average Bonchev–Trinajstić information content (AvgIpc) is 3.32. The molecule has 8 aliphatic rings. The fraction of sp³-hybridized carbons (Fsp3) is 0.312. The largest absolute Gasteiger partial charge is 0.0622 e. The molecule has 14 rings (SSSR count). The molecule has 4 atom stereocenters. The van der Waals surface area contributed by atoms with Gasteiger partial charge in [-0.2, -0.15) is 0 Å². The summed E-state index contributed by atoms with van der Waals surface area (Å²) in [6.07, 6.45) is 16.4. The van der Waals surface area contributed by atoms with Gasteiger partial charge in [-0.15, -0.1) is 0 Å². The molecule has 0 heterocycles. The van der Waals surface area contributed by atoms with Crippen LogP contribution < -0.4 is 0 Å². The SMILES string of the molecule is C(#Cc1cc(C#Cc2ccccc2)cc(C23CC4CC(C2)CC(C25CC6CC(CC(c7cc(C#Cc8ccccc8)cc(C#Cc8ccccc8)c7)(C6)C2)C5)(C4)C3)c1)c1ccccc1. The first-order chi connectivity index (χ1) is 31.4. The Morgan fingerprint density at radius 2 is 0.531 bits per heavy atom. The Hall–Kier alpha value is -6.44.